The molecule has 3 aromatic carbocycles. The van der Waals surface area contributed by atoms with Gasteiger partial charge in [0.1, 0.15) is 12.4 Å². The van der Waals surface area contributed by atoms with E-state index in [-0.39, 0.29) is 18.1 Å². The minimum absolute atomic E-state index is 0.141. The molecular weight excluding hydrogens is 429 g/mol. The van der Waals surface area contributed by atoms with E-state index in [2.05, 4.69) is 24.3 Å². The summed E-state index contributed by atoms with van der Waals surface area (Å²) < 4.78 is 43.8. The fourth-order valence-corrected chi connectivity index (χ4v) is 5.00. The topological polar surface area (TPSA) is 55.6 Å². The molecule has 1 aliphatic heterocycles. The summed E-state index contributed by atoms with van der Waals surface area (Å²) in [6, 6.07) is 19.4. The molecule has 4 nitrogen and oxygen atoms in total. The van der Waals surface area contributed by atoms with Crippen molar-refractivity contribution in [3.63, 3.8) is 0 Å². The molecule has 3 aromatic rings. The number of alkyl halides is 3. The van der Waals surface area contributed by atoms with Gasteiger partial charge in [0.15, 0.2) is 0 Å². The minimum Gasteiger partial charge on any atom is -0.492 e. The second-order valence-corrected chi connectivity index (χ2v) is 9.02. The SMILES string of the molecule is NC(=O)c1cc(OCC2CCN2CC(F)(F)F)ccc1C1(c2cccc3ccccc23)CC1. The Balaban J connectivity index is 1.40. The highest BCUT2D eigenvalue weighted by Crippen LogP contribution is 2.56. The lowest BCUT2D eigenvalue weighted by Crippen LogP contribution is -2.54. The Hall–Kier alpha value is -3.06. The lowest BCUT2D eigenvalue weighted by Gasteiger charge is -2.40. The number of hydrogen-bond acceptors (Lipinski definition) is 3. The number of amides is 1. The van der Waals surface area contributed by atoms with Gasteiger partial charge in [-0.1, -0.05) is 48.5 Å². The quantitative estimate of drug-likeness (QED) is 0.545. The predicted octanol–water partition coefficient (Wildman–Crippen LogP) is 5.03. The average molecular weight is 454 g/mol. The largest absolute Gasteiger partial charge is 0.492 e. The van der Waals surface area contributed by atoms with E-state index in [1.807, 2.05) is 24.3 Å². The van der Waals surface area contributed by atoms with Crippen LogP contribution in [0.2, 0.25) is 0 Å². The van der Waals surface area contributed by atoms with Gasteiger partial charge in [-0.3, -0.25) is 9.69 Å². The second kappa shape index (κ2) is 8.06. The number of likely N-dealkylation sites (tertiary alicyclic amines) is 1. The molecule has 2 fully saturated rings. The lowest BCUT2D eigenvalue weighted by molar-refractivity contribution is -0.163. The third-order valence-corrected chi connectivity index (χ3v) is 6.92. The standard InChI is InChI=1S/C26H25F3N2O2/c27-26(28,29)16-31-13-10-18(31)15-33-19-8-9-23(21(14-19)24(30)32)25(11-12-25)22-7-3-5-17-4-1-2-6-20(17)22/h1-9,14,18H,10-13,15-16H2,(H2,30,32). The highest BCUT2D eigenvalue weighted by Gasteiger charge is 2.48. The fraction of sp³-hybridized carbons (Fsp3) is 0.346. The molecule has 0 spiro atoms. The maximum Gasteiger partial charge on any atom is 0.401 e. The molecule has 1 atom stereocenters. The first-order chi connectivity index (χ1) is 15.8. The zero-order valence-electron chi connectivity index (χ0n) is 18.1. The number of rotatable bonds is 7. The molecule has 5 rings (SSSR count). The van der Waals surface area contributed by atoms with Crippen LogP contribution >= 0.6 is 0 Å². The number of nitrogens with two attached hydrogens (primary N) is 1. The third-order valence-electron chi connectivity index (χ3n) is 6.92. The van der Waals surface area contributed by atoms with Crippen molar-refractivity contribution in [1.82, 2.24) is 4.90 Å². The number of benzene rings is 3. The van der Waals surface area contributed by atoms with Crippen molar-refractivity contribution in [2.24, 2.45) is 5.73 Å². The van der Waals surface area contributed by atoms with Gasteiger partial charge in [-0.2, -0.15) is 13.2 Å². The van der Waals surface area contributed by atoms with Gasteiger partial charge < -0.3 is 10.5 Å². The highest BCUT2D eigenvalue weighted by atomic mass is 19.4. The molecule has 1 aliphatic carbocycles. The molecule has 1 saturated heterocycles. The predicted molar refractivity (Wildman–Crippen MR) is 120 cm³/mol. The van der Waals surface area contributed by atoms with E-state index in [1.165, 1.54) is 10.5 Å². The Morgan fingerprint density at radius 2 is 1.82 bits per heavy atom. The van der Waals surface area contributed by atoms with Crippen molar-refractivity contribution in [1.29, 1.82) is 0 Å². The zero-order chi connectivity index (χ0) is 23.2. The first-order valence-electron chi connectivity index (χ1n) is 11.1. The first-order valence-corrected chi connectivity index (χ1v) is 11.1. The molecule has 1 saturated carbocycles. The molecule has 33 heavy (non-hydrogen) atoms. The van der Waals surface area contributed by atoms with Gasteiger partial charge in [-0.05, 0) is 53.3 Å². The number of primary amides is 1. The van der Waals surface area contributed by atoms with E-state index in [4.69, 9.17) is 10.5 Å². The molecule has 1 amide bonds. The Morgan fingerprint density at radius 3 is 2.48 bits per heavy atom. The zero-order valence-corrected chi connectivity index (χ0v) is 18.1. The Kier molecular flexibility index (Phi) is 5.32. The minimum atomic E-state index is -4.22. The van der Waals surface area contributed by atoms with Crippen molar-refractivity contribution < 1.29 is 22.7 Å². The Labute approximate surface area is 190 Å². The second-order valence-electron chi connectivity index (χ2n) is 9.02. The summed E-state index contributed by atoms with van der Waals surface area (Å²) >= 11 is 0. The van der Waals surface area contributed by atoms with Crippen LogP contribution in [0.1, 0.15) is 40.7 Å². The summed E-state index contributed by atoms with van der Waals surface area (Å²) in [6.45, 7) is -0.380. The number of ether oxygens (including phenoxy) is 1. The first kappa shape index (κ1) is 21.8. The fourth-order valence-electron chi connectivity index (χ4n) is 5.00. The van der Waals surface area contributed by atoms with E-state index in [1.54, 1.807) is 12.1 Å². The highest BCUT2D eigenvalue weighted by molar-refractivity contribution is 5.96. The maximum atomic E-state index is 12.7. The van der Waals surface area contributed by atoms with Gasteiger partial charge in [0, 0.05) is 23.6 Å². The van der Waals surface area contributed by atoms with Crippen molar-refractivity contribution in [2.45, 2.75) is 36.9 Å². The molecular formula is C26H25F3N2O2. The van der Waals surface area contributed by atoms with Crippen molar-refractivity contribution >= 4 is 16.7 Å². The summed E-state index contributed by atoms with van der Waals surface area (Å²) in [6.07, 6.45) is -1.74. The van der Waals surface area contributed by atoms with Gasteiger partial charge in [0.2, 0.25) is 5.91 Å². The third kappa shape index (κ3) is 4.17. The molecule has 172 valence electrons. The van der Waals surface area contributed by atoms with Crippen LogP contribution in [0.25, 0.3) is 10.8 Å². The molecule has 0 aromatic heterocycles. The normalized spacial score (nSPS) is 19.8. The molecule has 0 bridgehead atoms. The number of hydrogen-bond donors (Lipinski definition) is 1. The van der Waals surface area contributed by atoms with E-state index < -0.39 is 18.6 Å². The van der Waals surface area contributed by atoms with Gasteiger partial charge >= 0.3 is 6.18 Å². The number of halogens is 3. The van der Waals surface area contributed by atoms with Crippen LogP contribution in [0, 0.1) is 0 Å². The van der Waals surface area contributed by atoms with Gasteiger partial charge in [-0.25, -0.2) is 0 Å². The monoisotopic (exact) mass is 454 g/mol. The summed E-state index contributed by atoms with van der Waals surface area (Å²) in [5.74, 6) is -0.0931. The van der Waals surface area contributed by atoms with Crippen LogP contribution in [-0.4, -0.2) is 42.7 Å². The lowest BCUT2D eigenvalue weighted by atomic mass is 9.82. The van der Waals surface area contributed by atoms with E-state index >= 15 is 0 Å². The molecule has 0 radical (unpaired) electrons. The van der Waals surface area contributed by atoms with E-state index in [9.17, 15) is 18.0 Å². The van der Waals surface area contributed by atoms with E-state index in [0.717, 1.165) is 29.2 Å². The smallest absolute Gasteiger partial charge is 0.401 e. The Morgan fingerprint density at radius 1 is 1.06 bits per heavy atom. The Bertz CT molecular complexity index is 1200. The van der Waals surface area contributed by atoms with Crippen LogP contribution in [0.3, 0.4) is 0 Å². The molecule has 2 N–H and O–H groups in total. The number of carbonyl (C=O) groups excluding carboxylic acids is 1. The van der Waals surface area contributed by atoms with Gasteiger partial charge in [0.05, 0.1) is 6.54 Å². The van der Waals surface area contributed by atoms with Crippen LogP contribution in [0.5, 0.6) is 5.75 Å². The summed E-state index contributed by atoms with van der Waals surface area (Å²) in [4.78, 5) is 13.8. The maximum absolute atomic E-state index is 12.7. The van der Waals surface area contributed by atoms with Crippen molar-refractivity contribution in [2.75, 3.05) is 19.7 Å². The van der Waals surface area contributed by atoms with Crippen LogP contribution in [0.4, 0.5) is 13.2 Å². The van der Waals surface area contributed by atoms with E-state index in [0.29, 0.717) is 24.3 Å². The van der Waals surface area contributed by atoms with Crippen LogP contribution in [0.15, 0.2) is 60.7 Å². The average Bonchev–Trinajstić information content (AvgIpc) is 3.57. The summed E-state index contributed by atoms with van der Waals surface area (Å²) in [7, 11) is 0. The van der Waals surface area contributed by atoms with Crippen LogP contribution < -0.4 is 10.5 Å². The molecule has 7 heteroatoms. The number of fused-ring (bicyclic) bond motifs is 1. The van der Waals surface area contributed by atoms with Crippen molar-refractivity contribution in [3.05, 3.63) is 77.4 Å². The number of nitrogens with zero attached hydrogens (tertiary/aromatic N) is 1. The van der Waals surface area contributed by atoms with Crippen molar-refractivity contribution in [3.8, 4) is 5.75 Å². The molecule has 2 aliphatic rings. The van der Waals surface area contributed by atoms with Crippen LogP contribution in [-0.2, 0) is 5.41 Å². The summed E-state index contributed by atoms with van der Waals surface area (Å²) in [5.41, 5.74) is 7.93. The molecule has 1 heterocycles. The van der Waals surface area contributed by atoms with Gasteiger partial charge in [-0.15, -0.1) is 0 Å². The summed E-state index contributed by atoms with van der Waals surface area (Å²) in [5, 5.41) is 2.30. The molecule has 1 unspecified atom stereocenters. The van der Waals surface area contributed by atoms with Gasteiger partial charge in [0.25, 0.3) is 0 Å². The number of carbonyl (C=O) groups is 1.